The third-order valence-corrected chi connectivity index (χ3v) is 9.61. The minimum absolute atomic E-state index is 0.548. The zero-order valence-electron chi connectivity index (χ0n) is 26.7. The van der Waals surface area contributed by atoms with Crippen molar-refractivity contribution < 1.29 is 0 Å². The van der Waals surface area contributed by atoms with Crippen LogP contribution in [0.3, 0.4) is 0 Å². The smallest absolute Gasteiger partial charge is 0.211 e. The summed E-state index contributed by atoms with van der Waals surface area (Å²) in [5.41, 5.74) is 11.4. The van der Waals surface area contributed by atoms with Gasteiger partial charge in [-0.1, -0.05) is 109 Å². The van der Waals surface area contributed by atoms with Crippen LogP contribution < -0.4 is 0 Å². The fraction of sp³-hybridized carbons (Fsp3) is 0. The van der Waals surface area contributed by atoms with Crippen LogP contribution in [0.5, 0.6) is 0 Å². The second-order valence-electron chi connectivity index (χ2n) is 12.2. The number of nitrogens with zero attached hydrogens (tertiary/aromatic N) is 5. The monoisotopic (exact) mass is 635 g/mol. The molecule has 230 valence electrons. The number of hydrogen-bond donors (Lipinski definition) is 0. The molecule has 5 heteroatoms. The topological polar surface area (TPSA) is 42.4 Å². The maximum absolute atomic E-state index is 10.2. The lowest BCUT2D eigenvalue weighted by Gasteiger charge is -2.17. The molecular weight excluding hydrogens is 611 g/mol. The molecule has 0 aliphatic rings. The first-order chi connectivity index (χ1) is 24.7. The summed E-state index contributed by atoms with van der Waals surface area (Å²) in [6.07, 6.45) is 0. The van der Waals surface area contributed by atoms with Gasteiger partial charge >= 0.3 is 0 Å². The van der Waals surface area contributed by atoms with Gasteiger partial charge in [-0.05, 0) is 70.1 Å². The second-order valence-corrected chi connectivity index (χ2v) is 12.2. The van der Waals surface area contributed by atoms with Crippen LogP contribution in [0.2, 0.25) is 0 Å². The summed E-state index contributed by atoms with van der Waals surface area (Å²) in [6.45, 7) is 15.7. The van der Waals surface area contributed by atoms with E-state index >= 15 is 0 Å². The molecule has 0 saturated heterocycles. The summed E-state index contributed by atoms with van der Waals surface area (Å²) in [6, 6.07) is 53.3. The van der Waals surface area contributed by atoms with Crippen LogP contribution in [0.25, 0.3) is 86.9 Å². The molecule has 0 N–H and O–H groups in total. The van der Waals surface area contributed by atoms with Crippen LogP contribution in [0.1, 0.15) is 5.56 Å². The maximum Gasteiger partial charge on any atom is 0.211 e. The van der Waals surface area contributed by atoms with Gasteiger partial charge in [0.25, 0.3) is 0 Å². The third-order valence-electron chi connectivity index (χ3n) is 9.61. The molecule has 9 rings (SSSR count). The summed E-state index contributed by atoms with van der Waals surface area (Å²) in [5.74, 6) is 0. The number of para-hydroxylation sites is 4. The summed E-state index contributed by atoms with van der Waals surface area (Å²) < 4.78 is 4.35. The lowest BCUT2D eigenvalue weighted by Crippen LogP contribution is -1.98. The van der Waals surface area contributed by atoms with Gasteiger partial charge in [0, 0.05) is 16.2 Å². The molecule has 0 atom stereocenters. The average Bonchev–Trinajstić information content (AvgIpc) is 3.69. The van der Waals surface area contributed by atoms with E-state index in [1.165, 1.54) is 0 Å². The van der Waals surface area contributed by atoms with Gasteiger partial charge in [0.1, 0.15) is 6.07 Å². The van der Waals surface area contributed by atoms with Gasteiger partial charge in [0.2, 0.25) is 5.69 Å². The lowest BCUT2D eigenvalue weighted by atomic mass is 9.97. The highest BCUT2D eigenvalue weighted by atomic mass is 15.0. The predicted octanol–water partition coefficient (Wildman–Crippen LogP) is 12.2. The van der Waals surface area contributed by atoms with Gasteiger partial charge in [0.15, 0.2) is 5.69 Å². The molecule has 50 heavy (non-hydrogen) atoms. The molecule has 0 saturated carbocycles. The minimum Gasteiger partial charge on any atom is -0.318 e. The van der Waals surface area contributed by atoms with Gasteiger partial charge in [-0.3, -0.25) is 0 Å². The normalized spacial score (nSPS) is 11.1. The average molecular weight is 636 g/mol. The van der Waals surface area contributed by atoms with Crippen LogP contribution in [0.4, 0.5) is 11.4 Å². The van der Waals surface area contributed by atoms with Gasteiger partial charge in [-0.15, -0.1) is 0 Å². The van der Waals surface area contributed by atoms with E-state index in [1.54, 1.807) is 0 Å². The third kappa shape index (κ3) is 4.31. The largest absolute Gasteiger partial charge is 0.318 e. The lowest BCUT2D eigenvalue weighted by molar-refractivity contribution is 1.17. The number of benzene rings is 7. The predicted molar refractivity (Wildman–Crippen MR) is 203 cm³/mol. The highest BCUT2D eigenvalue weighted by molar-refractivity contribution is 6.12. The van der Waals surface area contributed by atoms with Gasteiger partial charge < -0.3 is 9.13 Å². The quantitative estimate of drug-likeness (QED) is 0.177. The minimum atomic E-state index is 0.548. The number of aromatic nitrogens is 2. The Balaban J connectivity index is 1.20. The van der Waals surface area contributed by atoms with Crippen LogP contribution in [0.15, 0.2) is 152 Å². The van der Waals surface area contributed by atoms with Crippen LogP contribution >= 0.6 is 0 Å². The maximum atomic E-state index is 10.2. The van der Waals surface area contributed by atoms with E-state index in [1.807, 2.05) is 78.9 Å². The van der Waals surface area contributed by atoms with Crippen molar-refractivity contribution in [3.05, 3.63) is 180 Å². The van der Waals surface area contributed by atoms with Gasteiger partial charge in [-0.2, -0.15) is 5.26 Å². The molecule has 7 aromatic carbocycles. The zero-order chi connectivity index (χ0) is 33.8. The first-order valence-corrected chi connectivity index (χ1v) is 16.2. The summed E-state index contributed by atoms with van der Waals surface area (Å²) in [4.78, 5) is 7.64. The van der Waals surface area contributed by atoms with E-state index in [-0.39, 0.29) is 0 Å². The highest BCUT2D eigenvalue weighted by Crippen LogP contribution is 2.42. The molecule has 2 aromatic heterocycles. The Morgan fingerprint density at radius 2 is 1.06 bits per heavy atom. The molecule has 0 fully saturated rings. The second kappa shape index (κ2) is 11.4. The fourth-order valence-corrected chi connectivity index (χ4v) is 7.38. The summed E-state index contributed by atoms with van der Waals surface area (Å²) in [5, 5.41) is 14.5. The summed E-state index contributed by atoms with van der Waals surface area (Å²) in [7, 11) is 0. The number of rotatable bonds is 4. The Labute approximate surface area is 288 Å². The molecule has 9 aromatic rings. The van der Waals surface area contributed by atoms with Crippen molar-refractivity contribution in [1.82, 2.24) is 9.13 Å². The Morgan fingerprint density at radius 1 is 0.480 bits per heavy atom. The molecule has 0 unspecified atom stereocenters. The number of hydrogen-bond acceptors (Lipinski definition) is 1. The van der Waals surface area contributed by atoms with E-state index in [0.29, 0.717) is 16.9 Å². The van der Waals surface area contributed by atoms with Crippen molar-refractivity contribution in [2.45, 2.75) is 0 Å². The van der Waals surface area contributed by atoms with Crippen molar-refractivity contribution >= 4 is 55.0 Å². The van der Waals surface area contributed by atoms with Crippen molar-refractivity contribution in [1.29, 1.82) is 5.26 Å². The number of nitriles is 1. The molecule has 0 amide bonds. The van der Waals surface area contributed by atoms with E-state index < -0.39 is 0 Å². The Bertz CT molecular complexity index is 2900. The van der Waals surface area contributed by atoms with Crippen molar-refractivity contribution in [2.24, 2.45) is 0 Å². The van der Waals surface area contributed by atoms with Crippen molar-refractivity contribution in [3.63, 3.8) is 0 Å². The van der Waals surface area contributed by atoms with E-state index in [0.717, 1.165) is 77.2 Å². The Kier molecular flexibility index (Phi) is 6.56. The SMILES string of the molecule is [C-]#[N+]c1ccc2c(c1)c1ccccc1n2-c1c([N+]#[C-])cccc1-c1ccc(-c2ccc(C#N)c(-n3c4ccccc4c4ccccc43)c2)cc1. The first kappa shape index (κ1) is 28.8. The molecule has 2 heterocycles. The van der Waals surface area contributed by atoms with E-state index in [2.05, 4.69) is 97.7 Å². The molecular formula is C45H25N5. The molecule has 0 spiro atoms. The van der Waals surface area contributed by atoms with Crippen molar-refractivity contribution in [3.8, 4) is 39.7 Å². The standard InChI is InChI=1S/C45H25N5/c1-47-33-24-25-43-38(27-33)37-12-5-8-17-42(37)50(43)45-34(13-9-14-39(45)48-2)30-20-18-29(19-21-30)31-22-23-32(28-46)44(26-31)49-40-15-6-3-10-35(40)36-11-4-7-16-41(36)49/h3-27H. The molecule has 0 radical (unpaired) electrons. The fourth-order valence-electron chi connectivity index (χ4n) is 7.38. The first-order valence-electron chi connectivity index (χ1n) is 16.2. The van der Waals surface area contributed by atoms with Crippen LogP contribution in [-0.4, -0.2) is 9.13 Å². The highest BCUT2D eigenvalue weighted by Gasteiger charge is 2.20. The van der Waals surface area contributed by atoms with E-state index in [9.17, 15) is 5.26 Å². The Morgan fingerprint density at radius 3 is 1.70 bits per heavy atom. The van der Waals surface area contributed by atoms with Gasteiger partial charge in [-0.25, -0.2) is 9.69 Å². The summed E-state index contributed by atoms with van der Waals surface area (Å²) >= 11 is 0. The van der Waals surface area contributed by atoms with Crippen LogP contribution in [0, 0.1) is 24.5 Å². The molecule has 0 aliphatic heterocycles. The van der Waals surface area contributed by atoms with Gasteiger partial charge in [0.05, 0.1) is 52.1 Å². The van der Waals surface area contributed by atoms with Crippen LogP contribution in [-0.2, 0) is 0 Å². The molecule has 5 nitrogen and oxygen atoms in total. The number of fused-ring (bicyclic) bond motifs is 6. The Hall–Kier alpha value is -7.39. The van der Waals surface area contributed by atoms with Crippen molar-refractivity contribution in [2.75, 3.05) is 0 Å². The van der Waals surface area contributed by atoms with E-state index in [4.69, 9.17) is 13.1 Å². The zero-order valence-corrected chi connectivity index (χ0v) is 26.7. The molecule has 0 aliphatic carbocycles. The molecule has 0 bridgehead atoms.